The molecule has 3 fully saturated rings. The van der Waals surface area contributed by atoms with Gasteiger partial charge in [-0.15, -0.1) is 6.58 Å². The molecular formula is C29H46N4O6. The van der Waals surface area contributed by atoms with Gasteiger partial charge in [-0.25, -0.2) is 4.79 Å². The number of nitrogens with zero attached hydrogens (tertiary/aromatic N) is 1. The van der Waals surface area contributed by atoms with Gasteiger partial charge in [0.1, 0.15) is 17.7 Å². The quantitative estimate of drug-likeness (QED) is 0.285. The molecule has 1 aliphatic heterocycles. The van der Waals surface area contributed by atoms with E-state index in [0.717, 1.165) is 12.8 Å². The summed E-state index contributed by atoms with van der Waals surface area (Å²) in [4.78, 5) is 67.3. The molecule has 5 atom stereocenters. The first-order chi connectivity index (χ1) is 17.9. The first kappa shape index (κ1) is 30.6. The van der Waals surface area contributed by atoms with Crippen LogP contribution in [-0.2, 0) is 23.9 Å². The number of carbonyl (C=O) groups is 5. The highest BCUT2D eigenvalue weighted by Crippen LogP contribution is 2.65. The van der Waals surface area contributed by atoms with Crippen molar-refractivity contribution in [3.05, 3.63) is 12.7 Å². The zero-order valence-corrected chi connectivity index (χ0v) is 24.7. The molecule has 3 aliphatic rings. The zero-order chi connectivity index (χ0) is 29.5. The van der Waals surface area contributed by atoms with E-state index in [4.69, 9.17) is 4.74 Å². The molecular weight excluding hydrogens is 500 g/mol. The topological polar surface area (TPSA) is 134 Å². The highest BCUT2D eigenvalue weighted by atomic mass is 16.6. The van der Waals surface area contributed by atoms with E-state index in [1.54, 1.807) is 25.7 Å². The molecule has 0 spiro atoms. The van der Waals surface area contributed by atoms with Gasteiger partial charge in [-0.05, 0) is 55.8 Å². The molecule has 1 unspecified atom stereocenters. The number of nitrogens with one attached hydrogen (secondary N) is 3. The summed E-state index contributed by atoms with van der Waals surface area (Å²) in [5, 5.41) is 8.06. The second kappa shape index (κ2) is 10.9. The Morgan fingerprint density at radius 1 is 1.05 bits per heavy atom. The molecule has 4 amide bonds. The minimum Gasteiger partial charge on any atom is -0.444 e. The Bertz CT molecular complexity index is 1020. The number of piperidine rings is 1. The molecule has 2 aliphatic carbocycles. The maximum Gasteiger partial charge on any atom is 0.408 e. The second-order valence-corrected chi connectivity index (χ2v) is 13.9. The van der Waals surface area contributed by atoms with Crippen molar-refractivity contribution in [1.29, 1.82) is 0 Å². The average molecular weight is 547 g/mol. The molecule has 10 heteroatoms. The second-order valence-electron chi connectivity index (χ2n) is 13.9. The number of hydrogen-bond donors (Lipinski definition) is 3. The van der Waals surface area contributed by atoms with E-state index in [1.165, 1.54) is 6.08 Å². The molecule has 218 valence electrons. The third-order valence-electron chi connectivity index (χ3n) is 8.06. The van der Waals surface area contributed by atoms with E-state index in [9.17, 15) is 24.0 Å². The van der Waals surface area contributed by atoms with Gasteiger partial charge in [0.25, 0.3) is 5.91 Å². The number of alkyl carbamates (subject to hydrolysis) is 1. The van der Waals surface area contributed by atoms with Crippen molar-refractivity contribution in [2.45, 2.75) is 98.4 Å². The van der Waals surface area contributed by atoms with E-state index in [0.29, 0.717) is 13.0 Å². The first-order valence-electron chi connectivity index (χ1n) is 13.9. The third-order valence-corrected chi connectivity index (χ3v) is 8.06. The third kappa shape index (κ3) is 7.19. The standard InChI is InChI=1S/C29H46N4O6/c1-10-13-30-24(36)21(34)18(14-16-11-12-16)31-23(35)20-19-17(29(19,8)9)15-33(20)25(37)22(27(2,3)4)32-26(38)39-28(5,6)7/h10,16-20,22H,1,11-15H2,2-9H3,(H,30,36)(H,31,35)(H,32,38)/t17-,18?,19-,20-,22+/m0/s1. The number of Topliss-reactive ketones (excluding diaryl/α,β-unsaturated/α-hetero) is 1. The minimum atomic E-state index is -0.967. The van der Waals surface area contributed by atoms with Gasteiger partial charge in [-0.3, -0.25) is 19.2 Å². The fraction of sp³-hybridized carbons (Fsp3) is 0.759. The summed E-state index contributed by atoms with van der Waals surface area (Å²) < 4.78 is 5.40. The molecule has 1 saturated heterocycles. The number of likely N-dealkylation sites (tertiary alicyclic amines) is 1. The average Bonchev–Trinajstić information content (AvgIpc) is 3.65. The summed E-state index contributed by atoms with van der Waals surface area (Å²) in [6, 6.07) is -2.71. The molecule has 3 rings (SSSR count). The maximum absolute atomic E-state index is 14.0. The SMILES string of the molecule is C=CCNC(=O)C(=O)C(CC1CC1)NC(=O)[C@@H]1[C@@H]2[C@H](CN1C(=O)[C@@H](NC(=O)OC(C)(C)C)C(C)(C)C)C2(C)C. The van der Waals surface area contributed by atoms with E-state index in [-0.39, 0.29) is 35.6 Å². The maximum atomic E-state index is 14.0. The molecule has 0 aromatic carbocycles. The van der Waals surface area contributed by atoms with E-state index in [1.807, 2.05) is 20.8 Å². The highest BCUT2D eigenvalue weighted by Gasteiger charge is 2.70. The smallest absolute Gasteiger partial charge is 0.408 e. The number of rotatable bonds is 10. The molecule has 2 saturated carbocycles. The van der Waals surface area contributed by atoms with Crippen molar-refractivity contribution in [3.8, 4) is 0 Å². The highest BCUT2D eigenvalue weighted by molar-refractivity contribution is 6.38. The van der Waals surface area contributed by atoms with Crippen LogP contribution in [0.4, 0.5) is 4.79 Å². The van der Waals surface area contributed by atoms with Crippen molar-refractivity contribution in [2.75, 3.05) is 13.1 Å². The van der Waals surface area contributed by atoms with Gasteiger partial charge in [0.15, 0.2) is 0 Å². The van der Waals surface area contributed by atoms with E-state index >= 15 is 0 Å². The summed E-state index contributed by atoms with van der Waals surface area (Å²) in [5.41, 5.74) is -1.55. The van der Waals surface area contributed by atoms with Crippen LogP contribution in [0.3, 0.4) is 0 Å². The lowest BCUT2D eigenvalue weighted by atomic mass is 9.85. The number of amides is 4. The molecule has 0 aromatic heterocycles. The van der Waals surface area contributed by atoms with Gasteiger partial charge in [0.05, 0.1) is 6.04 Å². The minimum absolute atomic E-state index is 0.0881. The molecule has 0 radical (unpaired) electrons. The van der Waals surface area contributed by atoms with Crippen LogP contribution in [0.1, 0.15) is 74.7 Å². The fourth-order valence-electron chi connectivity index (χ4n) is 5.64. The lowest BCUT2D eigenvalue weighted by Gasteiger charge is -2.38. The van der Waals surface area contributed by atoms with Crippen LogP contribution >= 0.6 is 0 Å². The Hall–Kier alpha value is -2.91. The van der Waals surface area contributed by atoms with Crippen molar-refractivity contribution in [1.82, 2.24) is 20.9 Å². The number of ether oxygens (including phenoxy) is 1. The Morgan fingerprint density at radius 3 is 2.18 bits per heavy atom. The van der Waals surface area contributed by atoms with E-state index < -0.39 is 52.8 Å². The summed E-state index contributed by atoms with van der Waals surface area (Å²) >= 11 is 0. The van der Waals surface area contributed by atoms with Crippen LogP contribution in [0.2, 0.25) is 0 Å². The van der Waals surface area contributed by atoms with Crippen LogP contribution < -0.4 is 16.0 Å². The number of ketones is 1. The summed E-state index contributed by atoms with van der Waals surface area (Å²) in [6.45, 7) is 19.0. The summed E-state index contributed by atoms with van der Waals surface area (Å²) in [5.74, 6) is -1.96. The Balaban J connectivity index is 1.82. The molecule has 39 heavy (non-hydrogen) atoms. The predicted octanol–water partition coefficient (Wildman–Crippen LogP) is 2.57. The lowest BCUT2D eigenvalue weighted by Crippen LogP contribution is -2.60. The largest absolute Gasteiger partial charge is 0.444 e. The Morgan fingerprint density at radius 2 is 1.67 bits per heavy atom. The number of carbonyl (C=O) groups excluding carboxylic acids is 5. The van der Waals surface area contributed by atoms with Gasteiger partial charge in [0, 0.05) is 13.1 Å². The first-order valence-corrected chi connectivity index (χ1v) is 13.9. The van der Waals surface area contributed by atoms with Gasteiger partial charge in [-0.1, -0.05) is 53.5 Å². The predicted molar refractivity (Wildman–Crippen MR) is 146 cm³/mol. The Labute approximate surface area is 232 Å². The molecule has 0 aromatic rings. The van der Waals surface area contributed by atoms with Crippen LogP contribution in [0.15, 0.2) is 12.7 Å². The lowest BCUT2D eigenvalue weighted by molar-refractivity contribution is -0.145. The van der Waals surface area contributed by atoms with Gasteiger partial charge >= 0.3 is 6.09 Å². The van der Waals surface area contributed by atoms with Crippen molar-refractivity contribution < 1.29 is 28.7 Å². The normalized spacial score (nSPS) is 25.0. The molecule has 1 heterocycles. The van der Waals surface area contributed by atoms with Crippen molar-refractivity contribution in [2.24, 2.45) is 28.6 Å². The van der Waals surface area contributed by atoms with Gasteiger partial charge in [-0.2, -0.15) is 0 Å². The summed E-state index contributed by atoms with van der Waals surface area (Å²) in [6.07, 6.45) is 3.05. The molecule has 0 bridgehead atoms. The number of hydrogen-bond acceptors (Lipinski definition) is 6. The Kier molecular flexibility index (Phi) is 8.58. The fourth-order valence-corrected chi connectivity index (χ4v) is 5.64. The van der Waals surface area contributed by atoms with Crippen LogP contribution in [0.5, 0.6) is 0 Å². The van der Waals surface area contributed by atoms with Gasteiger partial charge < -0.3 is 25.6 Å². The monoisotopic (exact) mass is 546 g/mol. The van der Waals surface area contributed by atoms with Gasteiger partial charge in [0.2, 0.25) is 17.6 Å². The van der Waals surface area contributed by atoms with Crippen LogP contribution in [-0.4, -0.2) is 71.3 Å². The van der Waals surface area contributed by atoms with E-state index in [2.05, 4.69) is 36.4 Å². The zero-order valence-electron chi connectivity index (χ0n) is 24.7. The van der Waals surface area contributed by atoms with Crippen molar-refractivity contribution >= 4 is 29.6 Å². The number of fused-ring (bicyclic) bond motifs is 1. The van der Waals surface area contributed by atoms with Crippen LogP contribution in [0, 0.1) is 28.6 Å². The van der Waals surface area contributed by atoms with Crippen LogP contribution in [0.25, 0.3) is 0 Å². The summed E-state index contributed by atoms with van der Waals surface area (Å²) in [7, 11) is 0. The molecule has 10 nitrogen and oxygen atoms in total. The molecule has 3 N–H and O–H groups in total. The van der Waals surface area contributed by atoms with Crippen molar-refractivity contribution in [3.63, 3.8) is 0 Å².